The minimum Gasteiger partial charge on any atom is -0.314 e. The fourth-order valence-corrected chi connectivity index (χ4v) is 3.41. The van der Waals surface area contributed by atoms with Gasteiger partial charge in [0.2, 0.25) is 5.91 Å². The summed E-state index contributed by atoms with van der Waals surface area (Å²) in [4.78, 5) is 14.4. The molecule has 32 heavy (non-hydrogen) atoms. The lowest BCUT2D eigenvalue weighted by atomic mass is 9.94. The molecule has 0 saturated carbocycles. The summed E-state index contributed by atoms with van der Waals surface area (Å²) in [5.41, 5.74) is -1.26. The van der Waals surface area contributed by atoms with Gasteiger partial charge >= 0.3 is 12.4 Å². The Balaban J connectivity index is 2.01. The number of halogens is 6. The van der Waals surface area contributed by atoms with Crippen molar-refractivity contribution >= 4 is 11.6 Å². The molecule has 0 spiro atoms. The fourth-order valence-electron chi connectivity index (χ4n) is 3.41. The molecule has 0 heterocycles. The SMILES string of the molecule is CC(C(=O)N(C)c1ccccc1-c1ccccc1)c1cc(C(F)(F)F)cc(C(F)(F)F)c1. The maximum absolute atomic E-state index is 13.2. The quantitative estimate of drug-likeness (QED) is 0.386. The number of amides is 1. The Labute approximate surface area is 181 Å². The number of para-hydroxylation sites is 1. The van der Waals surface area contributed by atoms with Crippen molar-refractivity contribution in [3.8, 4) is 11.1 Å². The monoisotopic (exact) mass is 451 g/mol. The zero-order valence-electron chi connectivity index (χ0n) is 17.1. The second kappa shape index (κ2) is 8.68. The van der Waals surface area contributed by atoms with E-state index in [2.05, 4.69) is 0 Å². The van der Waals surface area contributed by atoms with E-state index >= 15 is 0 Å². The summed E-state index contributed by atoms with van der Waals surface area (Å²) in [6, 6.07) is 17.3. The zero-order valence-corrected chi connectivity index (χ0v) is 17.1. The van der Waals surface area contributed by atoms with E-state index in [0.29, 0.717) is 23.4 Å². The number of benzene rings is 3. The number of hydrogen-bond donors (Lipinski definition) is 0. The molecular weight excluding hydrogens is 432 g/mol. The van der Waals surface area contributed by atoms with Gasteiger partial charge in [0.25, 0.3) is 0 Å². The Kier molecular flexibility index (Phi) is 6.34. The summed E-state index contributed by atoms with van der Waals surface area (Å²) >= 11 is 0. The molecule has 3 rings (SSSR count). The molecule has 2 nitrogen and oxygen atoms in total. The molecule has 3 aromatic carbocycles. The van der Waals surface area contributed by atoms with Crippen molar-refractivity contribution in [2.24, 2.45) is 0 Å². The first kappa shape index (κ1) is 23.4. The Bertz CT molecular complexity index is 1070. The van der Waals surface area contributed by atoms with Gasteiger partial charge in [-0.25, -0.2) is 0 Å². The van der Waals surface area contributed by atoms with Crippen LogP contribution < -0.4 is 4.90 Å². The third-order valence-electron chi connectivity index (χ3n) is 5.16. The smallest absolute Gasteiger partial charge is 0.314 e. The maximum atomic E-state index is 13.2. The van der Waals surface area contributed by atoms with Gasteiger partial charge < -0.3 is 4.90 Å². The molecule has 0 aliphatic rings. The molecule has 168 valence electrons. The highest BCUT2D eigenvalue weighted by molar-refractivity contribution is 6.00. The largest absolute Gasteiger partial charge is 0.416 e. The third-order valence-corrected chi connectivity index (χ3v) is 5.16. The highest BCUT2D eigenvalue weighted by Crippen LogP contribution is 2.38. The average molecular weight is 451 g/mol. The van der Waals surface area contributed by atoms with Crippen molar-refractivity contribution in [3.63, 3.8) is 0 Å². The number of hydrogen-bond acceptors (Lipinski definition) is 1. The summed E-state index contributed by atoms with van der Waals surface area (Å²) in [6.07, 6.45) is -9.96. The van der Waals surface area contributed by atoms with E-state index in [9.17, 15) is 31.1 Å². The third kappa shape index (κ3) is 4.95. The molecule has 0 fully saturated rings. The van der Waals surface area contributed by atoms with E-state index in [1.165, 1.54) is 18.9 Å². The van der Waals surface area contributed by atoms with E-state index in [1.807, 2.05) is 30.3 Å². The lowest BCUT2D eigenvalue weighted by Crippen LogP contribution is -2.31. The number of carbonyl (C=O) groups is 1. The second-order valence-corrected chi connectivity index (χ2v) is 7.34. The van der Waals surface area contributed by atoms with E-state index in [1.54, 1.807) is 24.3 Å². The Hall–Kier alpha value is -3.29. The summed E-state index contributed by atoms with van der Waals surface area (Å²) in [7, 11) is 1.44. The highest BCUT2D eigenvalue weighted by atomic mass is 19.4. The van der Waals surface area contributed by atoms with Crippen molar-refractivity contribution in [2.45, 2.75) is 25.2 Å². The molecule has 0 N–H and O–H groups in total. The molecule has 0 radical (unpaired) electrons. The molecule has 0 aliphatic heterocycles. The van der Waals surface area contributed by atoms with Crippen LogP contribution in [0, 0.1) is 0 Å². The van der Waals surface area contributed by atoms with Gasteiger partial charge in [0, 0.05) is 12.6 Å². The van der Waals surface area contributed by atoms with Gasteiger partial charge in [0.1, 0.15) is 0 Å². The van der Waals surface area contributed by atoms with Gasteiger partial charge in [-0.05, 0) is 42.3 Å². The lowest BCUT2D eigenvalue weighted by Gasteiger charge is -2.25. The molecular formula is C24H19F6NO. The number of alkyl halides is 6. The van der Waals surface area contributed by atoms with E-state index in [-0.39, 0.29) is 11.6 Å². The standard InChI is InChI=1S/C24H19F6NO/c1-15(17-12-18(23(25,26)27)14-19(13-17)24(28,29)30)22(32)31(2)21-11-7-6-10-20(21)16-8-4-3-5-9-16/h3-15H,1-2H3. The average Bonchev–Trinajstić information content (AvgIpc) is 2.76. The van der Waals surface area contributed by atoms with E-state index in [0.717, 1.165) is 5.56 Å². The number of anilines is 1. The first-order valence-corrected chi connectivity index (χ1v) is 9.61. The summed E-state index contributed by atoms with van der Waals surface area (Å²) in [6.45, 7) is 1.29. The number of carbonyl (C=O) groups excluding carboxylic acids is 1. The van der Waals surface area contributed by atoms with Crippen LogP contribution in [-0.2, 0) is 17.1 Å². The molecule has 1 unspecified atom stereocenters. The predicted molar refractivity (Wildman–Crippen MR) is 110 cm³/mol. The van der Waals surface area contributed by atoms with Gasteiger partial charge in [-0.3, -0.25) is 4.79 Å². The molecule has 0 aliphatic carbocycles. The van der Waals surface area contributed by atoms with Crippen LogP contribution >= 0.6 is 0 Å². The molecule has 3 aromatic rings. The Morgan fingerprint density at radius 1 is 0.781 bits per heavy atom. The van der Waals surface area contributed by atoms with Crippen LogP contribution in [0.15, 0.2) is 72.8 Å². The minimum absolute atomic E-state index is 0.0507. The minimum atomic E-state index is -4.98. The number of likely N-dealkylation sites (N-methyl/N-ethyl adjacent to an activating group) is 1. The van der Waals surface area contributed by atoms with Gasteiger partial charge in [-0.15, -0.1) is 0 Å². The van der Waals surface area contributed by atoms with Crippen molar-refractivity contribution < 1.29 is 31.1 Å². The number of nitrogens with zero attached hydrogens (tertiary/aromatic N) is 1. The Morgan fingerprint density at radius 3 is 1.81 bits per heavy atom. The highest BCUT2D eigenvalue weighted by Gasteiger charge is 2.38. The lowest BCUT2D eigenvalue weighted by molar-refractivity contribution is -0.143. The molecule has 8 heteroatoms. The zero-order chi connectivity index (χ0) is 23.7. The first-order valence-electron chi connectivity index (χ1n) is 9.61. The number of rotatable bonds is 4. The van der Waals surface area contributed by atoms with Crippen LogP contribution in [0.2, 0.25) is 0 Å². The van der Waals surface area contributed by atoms with Crippen molar-refractivity contribution in [2.75, 3.05) is 11.9 Å². The predicted octanol–water partition coefficient (Wildman–Crippen LogP) is 7.16. The molecule has 1 atom stereocenters. The van der Waals surface area contributed by atoms with Crippen LogP contribution in [0.3, 0.4) is 0 Å². The summed E-state index contributed by atoms with van der Waals surface area (Å²) in [5.74, 6) is -1.88. The van der Waals surface area contributed by atoms with E-state index < -0.39 is 35.3 Å². The van der Waals surface area contributed by atoms with Gasteiger partial charge in [-0.1, -0.05) is 48.5 Å². The summed E-state index contributed by atoms with van der Waals surface area (Å²) in [5, 5.41) is 0. The van der Waals surface area contributed by atoms with Crippen LogP contribution in [0.5, 0.6) is 0 Å². The summed E-state index contributed by atoms with van der Waals surface area (Å²) < 4.78 is 79.2. The molecule has 0 bridgehead atoms. The molecule has 1 amide bonds. The van der Waals surface area contributed by atoms with E-state index in [4.69, 9.17) is 0 Å². The van der Waals surface area contributed by atoms with Crippen LogP contribution in [-0.4, -0.2) is 13.0 Å². The van der Waals surface area contributed by atoms with Gasteiger partial charge in [-0.2, -0.15) is 26.3 Å². The van der Waals surface area contributed by atoms with Crippen molar-refractivity contribution in [3.05, 3.63) is 89.5 Å². The maximum Gasteiger partial charge on any atom is 0.416 e. The Morgan fingerprint density at radius 2 is 1.28 bits per heavy atom. The topological polar surface area (TPSA) is 20.3 Å². The fraction of sp³-hybridized carbons (Fsp3) is 0.208. The molecule has 0 saturated heterocycles. The van der Waals surface area contributed by atoms with Crippen LogP contribution in [0.4, 0.5) is 32.0 Å². The van der Waals surface area contributed by atoms with Crippen LogP contribution in [0.25, 0.3) is 11.1 Å². The first-order chi connectivity index (χ1) is 14.9. The normalized spacial score (nSPS) is 13.0. The van der Waals surface area contributed by atoms with Crippen LogP contribution in [0.1, 0.15) is 29.5 Å². The van der Waals surface area contributed by atoms with Gasteiger partial charge in [0.15, 0.2) is 0 Å². The molecule has 0 aromatic heterocycles. The second-order valence-electron chi connectivity index (χ2n) is 7.34. The van der Waals surface area contributed by atoms with Crippen molar-refractivity contribution in [1.29, 1.82) is 0 Å². The van der Waals surface area contributed by atoms with Crippen molar-refractivity contribution in [1.82, 2.24) is 0 Å². The van der Waals surface area contributed by atoms with Gasteiger partial charge in [0.05, 0.1) is 22.7 Å².